The molecule has 7 heteroatoms. The Hall–Kier alpha value is -3.37. The maximum Gasteiger partial charge on any atom is 0.266 e. The highest BCUT2D eigenvalue weighted by atomic mass is 32.2. The summed E-state index contributed by atoms with van der Waals surface area (Å²) in [5.74, 6) is 5.90. The van der Waals surface area contributed by atoms with E-state index < -0.39 is 10.0 Å². The highest BCUT2D eigenvalue weighted by molar-refractivity contribution is 7.92. The van der Waals surface area contributed by atoms with Gasteiger partial charge in [0, 0.05) is 6.42 Å². The molecule has 1 heterocycles. The second kappa shape index (κ2) is 9.42. The molecule has 30 heavy (non-hydrogen) atoms. The first-order chi connectivity index (χ1) is 14.5. The molecular formula is C23H24N4O2S. The van der Waals surface area contributed by atoms with Gasteiger partial charge in [0.1, 0.15) is 0 Å². The zero-order valence-corrected chi connectivity index (χ0v) is 17.9. The van der Waals surface area contributed by atoms with Crippen molar-refractivity contribution in [2.45, 2.75) is 31.7 Å². The van der Waals surface area contributed by atoms with Gasteiger partial charge >= 0.3 is 0 Å². The van der Waals surface area contributed by atoms with E-state index in [0.717, 1.165) is 11.1 Å². The van der Waals surface area contributed by atoms with Gasteiger partial charge in [0.15, 0.2) is 5.82 Å². The van der Waals surface area contributed by atoms with Gasteiger partial charge in [-0.25, -0.2) is 17.4 Å². The molecule has 0 fully saturated rings. The molecule has 1 aromatic heterocycles. The molecule has 3 aromatic rings. The Morgan fingerprint density at radius 3 is 2.47 bits per heavy atom. The highest BCUT2D eigenvalue weighted by Crippen LogP contribution is 2.26. The fraction of sp³-hybridized carbons (Fsp3) is 0.217. The van der Waals surface area contributed by atoms with Crippen LogP contribution < -0.4 is 4.31 Å². The number of rotatable bonds is 8. The van der Waals surface area contributed by atoms with Crippen LogP contribution in [0.15, 0.2) is 72.1 Å². The van der Waals surface area contributed by atoms with Crippen molar-refractivity contribution in [2.24, 2.45) is 0 Å². The van der Waals surface area contributed by atoms with Crippen LogP contribution in [0.25, 0.3) is 0 Å². The molecule has 0 radical (unpaired) electrons. The SMILES string of the molecule is C=CCc1c(N(CC#CC)S(=O)(=O)c2ccc(C)cc2)nnn1Cc1ccccc1. The van der Waals surface area contributed by atoms with E-state index in [1.54, 1.807) is 41.9 Å². The summed E-state index contributed by atoms with van der Waals surface area (Å²) in [5.41, 5.74) is 2.69. The fourth-order valence-electron chi connectivity index (χ4n) is 3.00. The summed E-state index contributed by atoms with van der Waals surface area (Å²) in [6, 6.07) is 16.6. The van der Waals surface area contributed by atoms with E-state index >= 15 is 0 Å². The lowest BCUT2D eigenvalue weighted by Crippen LogP contribution is -2.32. The average Bonchev–Trinajstić information content (AvgIpc) is 3.11. The van der Waals surface area contributed by atoms with Crippen LogP contribution in [0.1, 0.15) is 23.7 Å². The molecule has 0 saturated carbocycles. The summed E-state index contributed by atoms with van der Waals surface area (Å²) < 4.78 is 29.8. The van der Waals surface area contributed by atoms with E-state index in [4.69, 9.17) is 0 Å². The zero-order valence-electron chi connectivity index (χ0n) is 17.1. The summed E-state index contributed by atoms with van der Waals surface area (Å²) in [7, 11) is -3.86. The Balaban J connectivity index is 2.08. The van der Waals surface area contributed by atoms with Crippen LogP contribution in [0.3, 0.4) is 0 Å². The lowest BCUT2D eigenvalue weighted by molar-refractivity contribution is 0.592. The van der Waals surface area contributed by atoms with Crippen molar-refractivity contribution in [3.63, 3.8) is 0 Å². The largest absolute Gasteiger partial charge is 0.266 e. The van der Waals surface area contributed by atoms with Crippen molar-refractivity contribution in [1.82, 2.24) is 15.0 Å². The van der Waals surface area contributed by atoms with E-state index in [-0.39, 0.29) is 17.3 Å². The highest BCUT2D eigenvalue weighted by Gasteiger charge is 2.29. The number of allylic oxidation sites excluding steroid dienone is 1. The molecular weight excluding hydrogens is 396 g/mol. The lowest BCUT2D eigenvalue weighted by Gasteiger charge is -2.21. The maximum absolute atomic E-state index is 13.4. The van der Waals surface area contributed by atoms with Crippen molar-refractivity contribution >= 4 is 15.8 Å². The number of benzene rings is 2. The molecule has 0 N–H and O–H groups in total. The van der Waals surface area contributed by atoms with Gasteiger partial charge in [-0.2, -0.15) is 0 Å². The van der Waals surface area contributed by atoms with Crippen LogP contribution in [0.2, 0.25) is 0 Å². The van der Waals surface area contributed by atoms with Crippen molar-refractivity contribution in [2.75, 3.05) is 10.8 Å². The average molecular weight is 421 g/mol. The van der Waals surface area contributed by atoms with Gasteiger partial charge in [-0.1, -0.05) is 65.2 Å². The molecule has 3 rings (SSSR count). The van der Waals surface area contributed by atoms with Gasteiger partial charge in [0.2, 0.25) is 0 Å². The van der Waals surface area contributed by atoms with Crippen LogP contribution in [0, 0.1) is 18.8 Å². The predicted octanol–water partition coefficient (Wildman–Crippen LogP) is 3.58. The van der Waals surface area contributed by atoms with Gasteiger partial charge in [0.05, 0.1) is 23.7 Å². The van der Waals surface area contributed by atoms with E-state index in [0.29, 0.717) is 18.7 Å². The van der Waals surface area contributed by atoms with Crippen LogP contribution in [0.5, 0.6) is 0 Å². The van der Waals surface area contributed by atoms with E-state index in [2.05, 4.69) is 28.7 Å². The molecule has 0 aliphatic rings. The van der Waals surface area contributed by atoms with Crippen LogP contribution >= 0.6 is 0 Å². The number of nitrogens with zero attached hydrogens (tertiary/aromatic N) is 4. The Bertz CT molecular complexity index is 1170. The number of aryl methyl sites for hydroxylation is 1. The zero-order chi connectivity index (χ0) is 21.6. The van der Waals surface area contributed by atoms with E-state index in [1.165, 1.54) is 4.31 Å². The Labute approximate surface area is 177 Å². The lowest BCUT2D eigenvalue weighted by atomic mass is 10.2. The third kappa shape index (κ3) is 4.61. The molecule has 0 unspecified atom stereocenters. The summed E-state index contributed by atoms with van der Waals surface area (Å²) >= 11 is 0. The van der Waals surface area contributed by atoms with E-state index in [9.17, 15) is 8.42 Å². The minimum absolute atomic E-state index is 0.0130. The number of aromatic nitrogens is 3. The summed E-state index contributed by atoms with van der Waals surface area (Å²) in [5, 5.41) is 8.48. The Morgan fingerprint density at radius 1 is 1.13 bits per heavy atom. The van der Waals surface area contributed by atoms with Crippen LogP contribution in [0.4, 0.5) is 5.82 Å². The molecule has 0 bridgehead atoms. The summed E-state index contributed by atoms with van der Waals surface area (Å²) in [6.07, 6.45) is 2.14. The first-order valence-electron chi connectivity index (χ1n) is 9.53. The molecule has 154 valence electrons. The van der Waals surface area contributed by atoms with Crippen molar-refractivity contribution in [3.8, 4) is 11.8 Å². The van der Waals surface area contributed by atoms with E-state index in [1.807, 2.05) is 37.3 Å². The molecule has 2 aromatic carbocycles. The third-order valence-electron chi connectivity index (χ3n) is 4.57. The van der Waals surface area contributed by atoms with Crippen molar-refractivity contribution in [1.29, 1.82) is 0 Å². The van der Waals surface area contributed by atoms with Crippen LogP contribution in [-0.4, -0.2) is 30.0 Å². The van der Waals surface area contributed by atoms with Gasteiger partial charge < -0.3 is 0 Å². The predicted molar refractivity (Wildman–Crippen MR) is 119 cm³/mol. The third-order valence-corrected chi connectivity index (χ3v) is 6.32. The second-order valence-corrected chi connectivity index (χ2v) is 8.61. The van der Waals surface area contributed by atoms with Crippen molar-refractivity contribution in [3.05, 3.63) is 84.1 Å². The monoisotopic (exact) mass is 420 g/mol. The minimum atomic E-state index is -3.86. The van der Waals surface area contributed by atoms with Crippen LogP contribution in [-0.2, 0) is 23.0 Å². The molecule has 0 saturated heterocycles. The second-order valence-electron chi connectivity index (χ2n) is 6.75. The van der Waals surface area contributed by atoms with Gasteiger partial charge in [-0.05, 0) is 31.5 Å². The topological polar surface area (TPSA) is 68.1 Å². The minimum Gasteiger partial charge on any atom is -0.242 e. The standard InChI is InChI=1S/C23H24N4O2S/c1-4-6-17-27(30(28,29)21-15-13-19(3)14-16-21)23-22(10-5-2)26(25-24-23)18-20-11-8-7-9-12-20/h5,7-9,11-16H,2,10,17-18H2,1,3H3. The number of sulfonamides is 1. The smallest absolute Gasteiger partial charge is 0.242 e. The summed E-state index contributed by atoms with van der Waals surface area (Å²) in [4.78, 5) is 0.188. The first-order valence-corrected chi connectivity index (χ1v) is 11.0. The quantitative estimate of drug-likeness (QED) is 0.413. The first kappa shape index (κ1) is 21.3. The fourth-order valence-corrected chi connectivity index (χ4v) is 4.33. The molecule has 0 spiro atoms. The van der Waals surface area contributed by atoms with Gasteiger partial charge in [-0.15, -0.1) is 17.6 Å². The number of hydrogen-bond donors (Lipinski definition) is 0. The maximum atomic E-state index is 13.4. The molecule has 0 atom stereocenters. The summed E-state index contributed by atoms with van der Waals surface area (Å²) in [6.45, 7) is 7.86. The van der Waals surface area contributed by atoms with Gasteiger partial charge in [-0.3, -0.25) is 0 Å². The number of hydrogen-bond acceptors (Lipinski definition) is 4. The molecule has 0 aliphatic carbocycles. The number of anilines is 1. The molecule has 0 amide bonds. The normalized spacial score (nSPS) is 10.9. The van der Waals surface area contributed by atoms with Gasteiger partial charge in [0.25, 0.3) is 10.0 Å². The molecule has 6 nitrogen and oxygen atoms in total. The Kier molecular flexibility index (Phi) is 6.70. The Morgan fingerprint density at radius 2 is 1.83 bits per heavy atom. The van der Waals surface area contributed by atoms with Crippen molar-refractivity contribution < 1.29 is 8.42 Å². The molecule has 0 aliphatic heterocycles.